The zero-order chi connectivity index (χ0) is 15.5. The molecule has 1 aromatic carbocycles. The zero-order valence-corrected chi connectivity index (χ0v) is 14.8. The molecule has 21 heavy (non-hydrogen) atoms. The Morgan fingerprint density at radius 1 is 1.19 bits per heavy atom. The highest BCUT2D eigenvalue weighted by atomic mass is 35.5. The lowest BCUT2D eigenvalue weighted by atomic mass is 9.86. The number of hydrogen-bond donors (Lipinski definition) is 1. The summed E-state index contributed by atoms with van der Waals surface area (Å²) in [5.41, 5.74) is 8.25. The molecule has 3 nitrogen and oxygen atoms in total. The van der Waals surface area contributed by atoms with Crippen molar-refractivity contribution in [3.05, 3.63) is 35.4 Å². The average Bonchev–Trinajstić information content (AvgIpc) is 2.36. The molecule has 0 unspecified atom stereocenters. The molecule has 1 amide bonds. The maximum absolute atomic E-state index is 12.3. The molecule has 0 radical (unpaired) electrons. The molecule has 1 aromatic rings. The van der Waals surface area contributed by atoms with Crippen molar-refractivity contribution in [2.75, 3.05) is 7.05 Å². The van der Waals surface area contributed by atoms with Gasteiger partial charge < -0.3 is 10.6 Å². The molecule has 0 saturated heterocycles. The van der Waals surface area contributed by atoms with E-state index in [-0.39, 0.29) is 23.7 Å². The molecule has 1 atom stereocenters. The summed E-state index contributed by atoms with van der Waals surface area (Å²) in [6.45, 7) is 10.9. The number of halogens is 1. The van der Waals surface area contributed by atoms with Gasteiger partial charge in [-0.3, -0.25) is 4.79 Å². The largest absolute Gasteiger partial charge is 0.340 e. The monoisotopic (exact) mass is 312 g/mol. The molecule has 4 heteroatoms. The van der Waals surface area contributed by atoms with Crippen LogP contribution in [0, 0.1) is 5.41 Å². The van der Waals surface area contributed by atoms with Gasteiger partial charge >= 0.3 is 0 Å². The first-order valence-corrected chi connectivity index (χ1v) is 7.22. The van der Waals surface area contributed by atoms with E-state index in [9.17, 15) is 4.79 Å². The van der Waals surface area contributed by atoms with Crippen molar-refractivity contribution < 1.29 is 4.79 Å². The fraction of sp³-hybridized carbons (Fsp3) is 0.588. The second kappa shape index (κ2) is 7.81. The highest BCUT2D eigenvalue weighted by Gasteiger charge is 2.29. The van der Waals surface area contributed by atoms with E-state index in [1.165, 1.54) is 5.56 Å². The Balaban J connectivity index is 0.00000400. The molecule has 0 fully saturated rings. The van der Waals surface area contributed by atoms with Gasteiger partial charge in [-0.2, -0.15) is 0 Å². The van der Waals surface area contributed by atoms with E-state index in [0.29, 0.717) is 12.5 Å². The van der Waals surface area contributed by atoms with Crippen molar-refractivity contribution >= 4 is 18.3 Å². The summed E-state index contributed by atoms with van der Waals surface area (Å²) in [7, 11) is 1.81. The molecule has 0 aliphatic heterocycles. The number of nitrogens with zero attached hydrogens (tertiary/aromatic N) is 1. The first-order chi connectivity index (χ1) is 9.12. The smallest absolute Gasteiger partial charge is 0.240 e. The van der Waals surface area contributed by atoms with E-state index in [2.05, 4.69) is 38.1 Å². The fourth-order valence-electron chi connectivity index (χ4n) is 1.97. The highest BCUT2D eigenvalue weighted by Crippen LogP contribution is 2.20. The predicted molar refractivity (Wildman–Crippen MR) is 91.7 cm³/mol. The molecule has 0 spiro atoms. The van der Waals surface area contributed by atoms with Crippen LogP contribution >= 0.6 is 12.4 Å². The van der Waals surface area contributed by atoms with Crippen molar-refractivity contribution in [1.82, 2.24) is 4.90 Å². The lowest BCUT2D eigenvalue weighted by Gasteiger charge is -2.30. The molecule has 0 aliphatic rings. The molecular weight excluding hydrogens is 284 g/mol. The van der Waals surface area contributed by atoms with Gasteiger partial charge in [0.15, 0.2) is 0 Å². The van der Waals surface area contributed by atoms with Crippen LogP contribution in [0.3, 0.4) is 0 Å². The number of carbonyl (C=O) groups excluding carboxylic acids is 1. The van der Waals surface area contributed by atoms with Crippen LogP contribution in [0.5, 0.6) is 0 Å². The maximum atomic E-state index is 12.3. The minimum absolute atomic E-state index is 0. The third-order valence-corrected chi connectivity index (χ3v) is 3.64. The number of hydrogen-bond acceptors (Lipinski definition) is 2. The molecule has 0 heterocycles. The normalized spacial score (nSPS) is 12.8. The van der Waals surface area contributed by atoms with Crippen LogP contribution in [-0.2, 0) is 11.3 Å². The summed E-state index contributed by atoms with van der Waals surface area (Å²) in [6, 6.07) is 7.95. The van der Waals surface area contributed by atoms with Gasteiger partial charge in [-0.25, -0.2) is 0 Å². The van der Waals surface area contributed by atoms with Gasteiger partial charge in [0.05, 0.1) is 6.04 Å². The molecule has 0 aromatic heterocycles. The van der Waals surface area contributed by atoms with E-state index >= 15 is 0 Å². The Morgan fingerprint density at radius 2 is 1.67 bits per heavy atom. The van der Waals surface area contributed by atoms with Crippen LogP contribution in [0.2, 0.25) is 0 Å². The average molecular weight is 313 g/mol. The Hall–Kier alpha value is -1.06. The van der Waals surface area contributed by atoms with Gasteiger partial charge in [-0.1, -0.05) is 58.9 Å². The first kappa shape index (κ1) is 19.9. The van der Waals surface area contributed by atoms with E-state index in [4.69, 9.17) is 5.73 Å². The van der Waals surface area contributed by atoms with E-state index in [1.54, 1.807) is 4.90 Å². The molecular formula is C17H29ClN2O. The standard InChI is InChI=1S/C17H28N2O.ClH/c1-12(2)14-9-7-13(8-10-14)11-19(6)16(20)15(18)17(3,4)5;/h7-10,12,15H,11,18H2,1-6H3;1H/t15-;/m1./s1. The summed E-state index contributed by atoms with van der Waals surface area (Å²) < 4.78 is 0. The van der Waals surface area contributed by atoms with Crippen molar-refractivity contribution in [3.63, 3.8) is 0 Å². The summed E-state index contributed by atoms with van der Waals surface area (Å²) in [5, 5.41) is 0. The summed E-state index contributed by atoms with van der Waals surface area (Å²) in [4.78, 5) is 14.0. The van der Waals surface area contributed by atoms with E-state index in [1.807, 2.05) is 27.8 Å². The number of rotatable bonds is 4. The second-order valence-electron chi connectivity index (χ2n) is 6.93. The zero-order valence-electron chi connectivity index (χ0n) is 14.0. The summed E-state index contributed by atoms with van der Waals surface area (Å²) >= 11 is 0. The summed E-state index contributed by atoms with van der Waals surface area (Å²) in [6.07, 6.45) is 0. The van der Waals surface area contributed by atoms with Crippen LogP contribution in [0.15, 0.2) is 24.3 Å². The van der Waals surface area contributed by atoms with E-state index in [0.717, 1.165) is 5.56 Å². The first-order valence-electron chi connectivity index (χ1n) is 7.22. The molecule has 0 saturated carbocycles. The van der Waals surface area contributed by atoms with E-state index < -0.39 is 6.04 Å². The number of nitrogens with two attached hydrogens (primary N) is 1. The van der Waals surface area contributed by atoms with Gasteiger partial charge in [0.1, 0.15) is 0 Å². The van der Waals surface area contributed by atoms with Gasteiger partial charge in [0.25, 0.3) is 0 Å². The van der Waals surface area contributed by atoms with Crippen molar-refractivity contribution in [3.8, 4) is 0 Å². The number of likely N-dealkylation sites (N-methyl/N-ethyl adjacent to an activating group) is 1. The Kier molecular flexibility index (Phi) is 7.41. The van der Waals surface area contributed by atoms with Gasteiger partial charge in [0, 0.05) is 13.6 Å². The third-order valence-electron chi connectivity index (χ3n) is 3.64. The van der Waals surface area contributed by atoms with Gasteiger partial charge in [-0.05, 0) is 22.5 Å². The lowest BCUT2D eigenvalue weighted by Crippen LogP contribution is -2.48. The van der Waals surface area contributed by atoms with Crippen LogP contribution in [-0.4, -0.2) is 23.9 Å². The Bertz CT molecular complexity index is 449. The quantitative estimate of drug-likeness (QED) is 0.924. The SMILES string of the molecule is CC(C)c1ccc(CN(C)C(=O)[C@@H](N)C(C)(C)C)cc1.Cl. The van der Waals surface area contributed by atoms with Crippen molar-refractivity contribution in [2.24, 2.45) is 11.1 Å². The van der Waals surface area contributed by atoms with Gasteiger partial charge in [-0.15, -0.1) is 12.4 Å². The molecule has 0 aliphatic carbocycles. The third kappa shape index (κ3) is 5.68. The lowest BCUT2D eigenvalue weighted by molar-refractivity contribution is -0.134. The Morgan fingerprint density at radius 3 is 2.05 bits per heavy atom. The van der Waals surface area contributed by atoms with Gasteiger partial charge in [0.2, 0.25) is 5.91 Å². The molecule has 0 bridgehead atoms. The van der Waals surface area contributed by atoms with Crippen molar-refractivity contribution in [2.45, 2.75) is 53.1 Å². The van der Waals surface area contributed by atoms with Crippen LogP contribution in [0.4, 0.5) is 0 Å². The molecule has 2 N–H and O–H groups in total. The second-order valence-corrected chi connectivity index (χ2v) is 6.93. The summed E-state index contributed by atoms with van der Waals surface area (Å²) in [5.74, 6) is 0.517. The topological polar surface area (TPSA) is 46.3 Å². The number of amides is 1. The molecule has 120 valence electrons. The predicted octanol–water partition coefficient (Wildman–Crippen LogP) is 3.56. The van der Waals surface area contributed by atoms with Crippen LogP contribution in [0.25, 0.3) is 0 Å². The Labute approximate surface area is 135 Å². The maximum Gasteiger partial charge on any atom is 0.240 e. The molecule has 1 rings (SSSR count). The number of benzene rings is 1. The highest BCUT2D eigenvalue weighted by molar-refractivity contribution is 5.85. The minimum Gasteiger partial charge on any atom is -0.340 e. The number of carbonyl (C=O) groups is 1. The minimum atomic E-state index is -0.470. The fourth-order valence-corrected chi connectivity index (χ4v) is 1.97. The van der Waals surface area contributed by atoms with Crippen molar-refractivity contribution in [1.29, 1.82) is 0 Å². The van der Waals surface area contributed by atoms with Crippen LogP contribution < -0.4 is 5.73 Å². The van der Waals surface area contributed by atoms with Crippen LogP contribution in [0.1, 0.15) is 51.7 Å².